The summed E-state index contributed by atoms with van der Waals surface area (Å²) in [6.45, 7) is 13.5. The van der Waals surface area contributed by atoms with Crippen LogP contribution in [0.2, 0.25) is 10.0 Å². The Kier molecular flexibility index (Phi) is 16.8. The SMILES string of the molecule is C=CC(=O)N1CCN(c2nc(=O)n(-c3ccncc3C3CC3)c3cc(-c4c(O)cccc4F)c(Cl)cc23)[C@@H](C)C1.CC(C)c1ccccc1-n1c(=O)nc(N2CCN(C(=O)/C=C/CN(C)C)CC2)c2cc(Cl)c(-c3c(O)cccc3F)cc21. The molecule has 428 valence electrons. The quantitative estimate of drug-likeness (QED) is 0.111. The highest BCUT2D eigenvalue weighted by Crippen LogP contribution is 2.45. The molecule has 83 heavy (non-hydrogen) atoms. The van der Waals surface area contributed by atoms with Gasteiger partial charge in [0.2, 0.25) is 11.8 Å². The molecule has 20 heteroatoms. The van der Waals surface area contributed by atoms with Crippen molar-refractivity contribution >= 4 is 68.5 Å². The van der Waals surface area contributed by atoms with Crippen molar-refractivity contribution in [3.63, 3.8) is 0 Å². The number of piperazine rings is 2. The Labute approximate surface area is 488 Å². The lowest BCUT2D eigenvalue weighted by atomic mass is 9.99. The number of carbonyl (C=O) groups is 2. The Hall–Kier alpha value is -8.45. The number of hydrogen-bond acceptors (Lipinski definition) is 12. The van der Waals surface area contributed by atoms with E-state index in [4.69, 9.17) is 23.2 Å². The number of aromatic nitrogens is 5. The Balaban J connectivity index is 0.000000186. The van der Waals surface area contributed by atoms with Crippen molar-refractivity contribution < 1.29 is 28.6 Å². The van der Waals surface area contributed by atoms with Crippen molar-refractivity contribution in [1.29, 1.82) is 0 Å². The number of phenolic OH excluding ortho intramolecular Hbond substituents is 2. The molecule has 3 aromatic heterocycles. The smallest absolute Gasteiger partial charge is 0.354 e. The third-order valence-corrected chi connectivity index (χ3v) is 16.0. The molecular formula is C63H62Cl2F2N10O6. The van der Waals surface area contributed by atoms with Gasteiger partial charge >= 0.3 is 11.4 Å². The molecule has 0 bridgehead atoms. The Bertz CT molecular complexity index is 3970. The maximum Gasteiger partial charge on any atom is 0.354 e. The molecule has 3 aliphatic rings. The number of anilines is 2. The lowest BCUT2D eigenvalue weighted by Crippen LogP contribution is -2.54. The molecule has 1 atom stereocenters. The minimum atomic E-state index is -0.636. The van der Waals surface area contributed by atoms with Crippen molar-refractivity contribution in [3.05, 3.63) is 182 Å². The molecule has 16 nitrogen and oxygen atoms in total. The first-order chi connectivity index (χ1) is 39.8. The van der Waals surface area contributed by atoms with E-state index in [1.165, 1.54) is 51.6 Å². The first-order valence-corrected chi connectivity index (χ1v) is 28.2. The summed E-state index contributed by atoms with van der Waals surface area (Å²) in [5.41, 5.74) is 3.60. The van der Waals surface area contributed by atoms with Crippen molar-refractivity contribution in [1.82, 2.24) is 38.8 Å². The maximum atomic E-state index is 15.0. The van der Waals surface area contributed by atoms with Crippen LogP contribution in [0.15, 0.2) is 138 Å². The number of hydrogen-bond donors (Lipinski definition) is 2. The van der Waals surface area contributed by atoms with Gasteiger partial charge in [-0.2, -0.15) is 9.97 Å². The number of nitrogens with zero attached hydrogens (tertiary/aromatic N) is 10. The van der Waals surface area contributed by atoms with Gasteiger partial charge < -0.3 is 34.7 Å². The summed E-state index contributed by atoms with van der Waals surface area (Å²) in [7, 11) is 3.88. The van der Waals surface area contributed by atoms with Crippen LogP contribution in [0, 0.1) is 11.6 Å². The van der Waals surface area contributed by atoms with Crippen LogP contribution in [0.5, 0.6) is 11.5 Å². The van der Waals surface area contributed by atoms with Crippen LogP contribution < -0.4 is 21.2 Å². The second-order valence-corrected chi connectivity index (χ2v) is 22.3. The zero-order valence-electron chi connectivity index (χ0n) is 46.6. The monoisotopic (exact) mass is 1160 g/mol. The van der Waals surface area contributed by atoms with E-state index in [0.717, 1.165) is 24.0 Å². The molecule has 2 N–H and O–H groups in total. The molecule has 8 aromatic rings. The van der Waals surface area contributed by atoms with E-state index < -0.39 is 23.0 Å². The van der Waals surface area contributed by atoms with E-state index in [1.807, 2.05) is 79.9 Å². The van der Waals surface area contributed by atoms with Gasteiger partial charge in [0.05, 0.1) is 33.5 Å². The van der Waals surface area contributed by atoms with Gasteiger partial charge in [-0.1, -0.05) is 80.0 Å². The number of halogens is 4. The number of rotatable bonds is 12. The molecule has 0 radical (unpaired) electrons. The van der Waals surface area contributed by atoms with E-state index in [-0.39, 0.29) is 67.6 Å². The molecule has 2 aliphatic heterocycles. The second-order valence-electron chi connectivity index (χ2n) is 21.5. The topological polar surface area (TPSA) is 173 Å². The minimum Gasteiger partial charge on any atom is -0.507 e. The molecule has 2 amide bonds. The van der Waals surface area contributed by atoms with E-state index in [9.17, 15) is 33.8 Å². The van der Waals surface area contributed by atoms with Gasteiger partial charge in [-0.3, -0.25) is 23.7 Å². The largest absolute Gasteiger partial charge is 0.507 e. The molecule has 1 saturated carbocycles. The molecular weight excluding hydrogens is 1100 g/mol. The number of benzene rings is 5. The summed E-state index contributed by atoms with van der Waals surface area (Å²) in [6.07, 6.45) is 10.1. The maximum absolute atomic E-state index is 15.0. The van der Waals surface area contributed by atoms with Gasteiger partial charge in [0, 0.05) is 109 Å². The van der Waals surface area contributed by atoms with Gasteiger partial charge in [0.25, 0.3) is 0 Å². The van der Waals surface area contributed by atoms with Crippen LogP contribution in [0.1, 0.15) is 56.6 Å². The number of amides is 2. The van der Waals surface area contributed by atoms with E-state index in [0.29, 0.717) is 103 Å². The van der Waals surface area contributed by atoms with E-state index >= 15 is 4.39 Å². The molecule has 0 unspecified atom stereocenters. The minimum absolute atomic E-state index is 0.0432. The summed E-state index contributed by atoms with van der Waals surface area (Å²) >= 11 is 13.5. The Morgan fingerprint density at radius 3 is 1.86 bits per heavy atom. The van der Waals surface area contributed by atoms with Crippen LogP contribution in [0.3, 0.4) is 0 Å². The summed E-state index contributed by atoms with van der Waals surface area (Å²) in [5.74, 6) is -0.713. The average molecular weight is 1160 g/mol. The van der Waals surface area contributed by atoms with Crippen LogP contribution in [0.4, 0.5) is 20.4 Å². The summed E-state index contributed by atoms with van der Waals surface area (Å²) < 4.78 is 33.1. The number of phenols is 2. The summed E-state index contributed by atoms with van der Waals surface area (Å²) in [5, 5.41) is 22.7. The summed E-state index contributed by atoms with van der Waals surface area (Å²) in [6, 6.07) is 24.0. The van der Waals surface area contributed by atoms with Crippen molar-refractivity contribution in [3.8, 4) is 45.1 Å². The van der Waals surface area contributed by atoms with Crippen molar-refractivity contribution in [2.24, 2.45) is 0 Å². The third-order valence-electron chi connectivity index (χ3n) is 15.3. The highest BCUT2D eigenvalue weighted by molar-refractivity contribution is 6.35. The molecule has 3 fully saturated rings. The standard InChI is InChI=1S/C33H35ClFN5O3.C30H27ClFN5O3/c1-21(2)22-9-5-6-11-27(22)40-28-20-23(31-26(35)10-7-12-29(31)41)25(34)19-24(28)32(36-33(40)43)39-17-15-38(16-18-39)30(42)13-8-14-37(3)4;1-3-27(39)35-11-12-36(17(2)16-35)29-20-13-22(31)19(28-23(32)5-4-6-26(28)38)14-25(20)37(30(40)34-29)24-9-10-33-15-21(24)18-7-8-18/h5-13,19-21,41H,14-18H2,1-4H3;3-6,9-10,13-15,17-18,38H,1,7-8,11-12,16H2,2H3/b13-8+;/t;17-/m.0/s1. The fourth-order valence-corrected chi connectivity index (χ4v) is 11.5. The number of aromatic hydroxyl groups is 2. The van der Waals surface area contributed by atoms with E-state index in [1.54, 1.807) is 58.6 Å². The molecule has 1 aliphatic carbocycles. The van der Waals surface area contributed by atoms with Crippen LogP contribution in [-0.2, 0) is 9.59 Å². The normalized spacial score (nSPS) is 15.6. The van der Waals surface area contributed by atoms with Gasteiger partial charge in [-0.05, 0) is 124 Å². The fraction of sp³-hybridized carbons (Fsp3) is 0.286. The Morgan fingerprint density at radius 1 is 0.735 bits per heavy atom. The number of likely N-dealkylation sites (N-methyl/N-ethyl adjacent to an activating group) is 1. The third kappa shape index (κ3) is 11.7. The highest BCUT2D eigenvalue weighted by atomic mass is 35.5. The zero-order valence-corrected chi connectivity index (χ0v) is 48.1. The van der Waals surface area contributed by atoms with Crippen LogP contribution in [-0.4, -0.2) is 133 Å². The molecule has 11 rings (SSSR count). The fourth-order valence-electron chi connectivity index (χ4n) is 11.0. The highest BCUT2D eigenvalue weighted by Gasteiger charge is 2.33. The van der Waals surface area contributed by atoms with Gasteiger partial charge in [0.15, 0.2) is 0 Å². The predicted octanol–water partition coefficient (Wildman–Crippen LogP) is 10.5. The van der Waals surface area contributed by atoms with Crippen molar-refractivity contribution in [2.45, 2.75) is 51.5 Å². The lowest BCUT2D eigenvalue weighted by molar-refractivity contribution is -0.127. The van der Waals surface area contributed by atoms with Crippen LogP contribution >= 0.6 is 23.2 Å². The second kappa shape index (κ2) is 24.2. The molecule has 5 aromatic carbocycles. The lowest BCUT2D eigenvalue weighted by Gasteiger charge is -2.40. The molecule has 2 saturated heterocycles. The van der Waals surface area contributed by atoms with E-state index in [2.05, 4.69) is 21.5 Å². The van der Waals surface area contributed by atoms with Crippen molar-refractivity contribution in [2.75, 3.05) is 76.3 Å². The Morgan fingerprint density at radius 2 is 1.30 bits per heavy atom. The van der Waals surface area contributed by atoms with Crippen LogP contribution in [0.25, 0.3) is 55.4 Å². The molecule has 5 heterocycles. The summed E-state index contributed by atoms with van der Waals surface area (Å²) in [4.78, 5) is 75.5. The van der Waals surface area contributed by atoms with Gasteiger partial charge in [-0.25, -0.2) is 18.4 Å². The van der Waals surface area contributed by atoms with Gasteiger partial charge in [-0.15, -0.1) is 0 Å². The zero-order chi connectivity index (χ0) is 59.0. The first-order valence-electron chi connectivity index (χ1n) is 27.4. The number of carbonyl (C=O) groups excluding carboxylic acids is 2. The number of para-hydroxylation sites is 1. The van der Waals surface area contributed by atoms with Gasteiger partial charge in [0.1, 0.15) is 34.8 Å². The average Bonchev–Trinajstić information content (AvgIpc) is 2.65. The first kappa shape index (κ1) is 57.8. The number of pyridine rings is 1. The molecule has 0 spiro atoms. The number of fused-ring (bicyclic) bond motifs is 2. The predicted molar refractivity (Wildman–Crippen MR) is 323 cm³/mol.